The zero-order valence-corrected chi connectivity index (χ0v) is 8.40. The van der Waals surface area contributed by atoms with Crippen molar-refractivity contribution in [3.05, 3.63) is 24.3 Å². The van der Waals surface area contributed by atoms with E-state index in [1.165, 1.54) is 4.90 Å². The molecule has 0 atom stereocenters. The van der Waals surface area contributed by atoms with Crippen molar-refractivity contribution in [3.8, 4) is 5.75 Å². The SMILES string of the molecule is COc1cccc(N2C(=O)CCC2=O)c1. The number of hydrogen-bond acceptors (Lipinski definition) is 3. The third-order valence-electron chi connectivity index (χ3n) is 2.36. The van der Waals surface area contributed by atoms with E-state index < -0.39 is 0 Å². The Morgan fingerprint density at radius 1 is 1.20 bits per heavy atom. The predicted molar refractivity (Wildman–Crippen MR) is 54.7 cm³/mol. The number of imide groups is 1. The van der Waals surface area contributed by atoms with Crippen molar-refractivity contribution in [1.82, 2.24) is 0 Å². The van der Waals surface area contributed by atoms with E-state index in [-0.39, 0.29) is 11.8 Å². The number of hydrogen-bond donors (Lipinski definition) is 0. The number of carbonyl (C=O) groups excluding carboxylic acids is 2. The van der Waals surface area contributed by atoms with Crippen molar-refractivity contribution >= 4 is 17.5 Å². The first-order valence-corrected chi connectivity index (χ1v) is 4.72. The molecule has 1 heterocycles. The highest BCUT2D eigenvalue weighted by molar-refractivity contribution is 6.19. The molecular weight excluding hydrogens is 194 g/mol. The van der Waals surface area contributed by atoms with Gasteiger partial charge in [-0.15, -0.1) is 0 Å². The fraction of sp³-hybridized carbons (Fsp3) is 0.273. The third kappa shape index (κ3) is 1.70. The summed E-state index contributed by atoms with van der Waals surface area (Å²) >= 11 is 0. The minimum Gasteiger partial charge on any atom is -0.497 e. The van der Waals surface area contributed by atoms with Gasteiger partial charge in [-0.1, -0.05) is 6.07 Å². The Balaban J connectivity index is 2.36. The molecule has 0 spiro atoms. The molecule has 1 aliphatic rings. The van der Waals surface area contributed by atoms with E-state index in [9.17, 15) is 9.59 Å². The van der Waals surface area contributed by atoms with E-state index in [0.717, 1.165) is 0 Å². The minimum absolute atomic E-state index is 0.145. The quantitative estimate of drug-likeness (QED) is 0.684. The largest absolute Gasteiger partial charge is 0.497 e. The van der Waals surface area contributed by atoms with Crippen molar-refractivity contribution in [3.63, 3.8) is 0 Å². The molecule has 0 aromatic heterocycles. The van der Waals surface area contributed by atoms with Gasteiger partial charge < -0.3 is 4.74 Å². The van der Waals surface area contributed by atoms with Crippen LogP contribution < -0.4 is 9.64 Å². The number of ether oxygens (including phenoxy) is 1. The first-order valence-electron chi connectivity index (χ1n) is 4.72. The number of benzene rings is 1. The van der Waals surface area contributed by atoms with E-state index in [1.807, 2.05) is 0 Å². The Bertz CT molecular complexity index is 398. The van der Waals surface area contributed by atoms with Crippen molar-refractivity contribution in [2.24, 2.45) is 0 Å². The fourth-order valence-corrected chi connectivity index (χ4v) is 1.61. The van der Waals surface area contributed by atoms with Gasteiger partial charge >= 0.3 is 0 Å². The van der Waals surface area contributed by atoms with Crippen LogP contribution in [0.2, 0.25) is 0 Å². The molecule has 15 heavy (non-hydrogen) atoms. The maximum Gasteiger partial charge on any atom is 0.234 e. The lowest BCUT2D eigenvalue weighted by Crippen LogP contribution is -2.28. The average Bonchev–Trinajstić information content (AvgIpc) is 2.59. The van der Waals surface area contributed by atoms with Crippen LogP contribution in [-0.4, -0.2) is 18.9 Å². The lowest BCUT2D eigenvalue weighted by molar-refractivity contribution is -0.121. The molecule has 2 amide bonds. The van der Waals surface area contributed by atoms with Crippen molar-refractivity contribution in [2.45, 2.75) is 12.8 Å². The zero-order valence-electron chi connectivity index (χ0n) is 8.40. The van der Waals surface area contributed by atoms with Gasteiger partial charge in [0.05, 0.1) is 12.8 Å². The number of methoxy groups -OCH3 is 1. The monoisotopic (exact) mass is 205 g/mol. The molecule has 1 fully saturated rings. The minimum atomic E-state index is -0.145. The van der Waals surface area contributed by atoms with Crippen LogP contribution in [0.25, 0.3) is 0 Å². The van der Waals surface area contributed by atoms with Gasteiger partial charge in [0.15, 0.2) is 0 Å². The van der Waals surface area contributed by atoms with E-state index >= 15 is 0 Å². The first-order chi connectivity index (χ1) is 7.22. The van der Waals surface area contributed by atoms with E-state index in [4.69, 9.17) is 4.74 Å². The lowest BCUT2D eigenvalue weighted by Gasteiger charge is -2.14. The highest BCUT2D eigenvalue weighted by Gasteiger charge is 2.30. The summed E-state index contributed by atoms with van der Waals surface area (Å²) in [6, 6.07) is 6.94. The summed E-state index contributed by atoms with van der Waals surface area (Å²) in [6.45, 7) is 0. The van der Waals surface area contributed by atoms with Gasteiger partial charge in [0, 0.05) is 18.9 Å². The molecule has 4 nitrogen and oxygen atoms in total. The van der Waals surface area contributed by atoms with Crippen LogP contribution in [0.15, 0.2) is 24.3 Å². The van der Waals surface area contributed by atoms with Gasteiger partial charge in [0.1, 0.15) is 5.75 Å². The molecule has 0 unspecified atom stereocenters. The Morgan fingerprint density at radius 3 is 2.47 bits per heavy atom. The molecule has 0 aliphatic carbocycles. The molecule has 1 aromatic carbocycles. The molecule has 2 rings (SSSR count). The fourth-order valence-electron chi connectivity index (χ4n) is 1.61. The molecule has 1 aliphatic heterocycles. The summed E-state index contributed by atoms with van der Waals surface area (Å²) in [6.07, 6.45) is 0.603. The van der Waals surface area contributed by atoms with Crippen LogP contribution in [0.4, 0.5) is 5.69 Å². The lowest BCUT2D eigenvalue weighted by atomic mass is 10.3. The van der Waals surface area contributed by atoms with Crippen LogP contribution in [0.3, 0.4) is 0 Å². The van der Waals surface area contributed by atoms with Crippen LogP contribution in [-0.2, 0) is 9.59 Å². The second-order valence-corrected chi connectivity index (χ2v) is 3.32. The third-order valence-corrected chi connectivity index (χ3v) is 2.36. The maximum atomic E-state index is 11.4. The highest BCUT2D eigenvalue weighted by atomic mass is 16.5. The van der Waals surface area contributed by atoms with Crippen molar-refractivity contribution in [1.29, 1.82) is 0 Å². The van der Waals surface area contributed by atoms with E-state index in [1.54, 1.807) is 31.4 Å². The number of carbonyl (C=O) groups is 2. The number of rotatable bonds is 2. The molecule has 0 N–H and O–H groups in total. The van der Waals surface area contributed by atoms with Crippen LogP contribution in [0, 0.1) is 0 Å². The van der Waals surface area contributed by atoms with E-state index in [2.05, 4.69) is 0 Å². The molecule has 78 valence electrons. The van der Waals surface area contributed by atoms with E-state index in [0.29, 0.717) is 24.3 Å². The van der Waals surface area contributed by atoms with Crippen molar-refractivity contribution in [2.75, 3.05) is 12.0 Å². The number of anilines is 1. The van der Waals surface area contributed by atoms with Gasteiger partial charge in [0.2, 0.25) is 11.8 Å². The maximum absolute atomic E-state index is 11.4. The van der Waals surface area contributed by atoms with Gasteiger partial charge in [0.25, 0.3) is 0 Å². The average molecular weight is 205 g/mol. The smallest absolute Gasteiger partial charge is 0.234 e. The van der Waals surface area contributed by atoms with Gasteiger partial charge in [-0.2, -0.15) is 0 Å². The summed E-state index contributed by atoms with van der Waals surface area (Å²) in [4.78, 5) is 24.1. The Labute approximate surface area is 87.4 Å². The molecular formula is C11H11NO3. The number of amides is 2. The molecule has 0 radical (unpaired) electrons. The topological polar surface area (TPSA) is 46.6 Å². The van der Waals surface area contributed by atoms with Crippen molar-refractivity contribution < 1.29 is 14.3 Å². The first kappa shape index (κ1) is 9.71. The summed E-state index contributed by atoms with van der Waals surface area (Å²) in [5.74, 6) is 0.349. The molecule has 1 saturated heterocycles. The predicted octanol–water partition coefficient (Wildman–Crippen LogP) is 1.35. The Hall–Kier alpha value is -1.84. The summed E-state index contributed by atoms with van der Waals surface area (Å²) in [5, 5.41) is 0. The second kappa shape index (κ2) is 3.73. The summed E-state index contributed by atoms with van der Waals surface area (Å²) < 4.78 is 5.04. The Kier molecular flexibility index (Phi) is 2.41. The summed E-state index contributed by atoms with van der Waals surface area (Å²) in [7, 11) is 1.55. The van der Waals surface area contributed by atoms with Crippen LogP contribution in [0.1, 0.15) is 12.8 Å². The zero-order chi connectivity index (χ0) is 10.8. The number of nitrogens with zero attached hydrogens (tertiary/aromatic N) is 1. The van der Waals surface area contributed by atoms with Gasteiger partial charge in [-0.05, 0) is 12.1 Å². The standard InChI is InChI=1S/C11H11NO3/c1-15-9-4-2-3-8(7-9)12-10(13)5-6-11(12)14/h2-4,7H,5-6H2,1H3. The molecule has 0 saturated carbocycles. The van der Waals surface area contributed by atoms with Crippen LogP contribution >= 0.6 is 0 Å². The molecule has 1 aromatic rings. The molecule has 0 bridgehead atoms. The summed E-state index contributed by atoms with van der Waals surface area (Å²) in [5.41, 5.74) is 0.585. The second-order valence-electron chi connectivity index (χ2n) is 3.32. The van der Waals surface area contributed by atoms with Crippen LogP contribution in [0.5, 0.6) is 5.75 Å². The Morgan fingerprint density at radius 2 is 1.87 bits per heavy atom. The highest BCUT2D eigenvalue weighted by Crippen LogP contribution is 2.25. The van der Waals surface area contributed by atoms with Gasteiger partial charge in [-0.25, -0.2) is 0 Å². The normalized spacial score (nSPS) is 15.9. The van der Waals surface area contributed by atoms with Gasteiger partial charge in [-0.3, -0.25) is 14.5 Å². The molecule has 4 heteroatoms.